The highest BCUT2D eigenvalue weighted by molar-refractivity contribution is 8.76. The molecule has 3 saturated heterocycles. The number of likely N-dealkylation sites (N-methyl/N-ethyl adjacent to an activating group) is 1. The van der Waals surface area contributed by atoms with Crippen LogP contribution in [-0.4, -0.2) is 107 Å². The number of piperidine rings is 2. The number of fused-ring (bicyclic) bond motifs is 1. The van der Waals surface area contributed by atoms with E-state index in [-0.39, 0.29) is 53.8 Å². The number of phenols is 1. The quantitative estimate of drug-likeness (QED) is 0.129. The minimum absolute atomic E-state index is 0.0109. The zero-order chi connectivity index (χ0) is 41.1. The number of carbonyl (C=O) groups excluding carboxylic acids is 3. The number of aromatic hydroxyl groups is 1. The molecule has 12 nitrogen and oxygen atoms in total. The maximum Gasteiger partial charge on any atom is 0.332 e. The lowest BCUT2D eigenvalue weighted by atomic mass is 9.57. The van der Waals surface area contributed by atoms with Crippen LogP contribution in [-0.2, 0) is 23.9 Å². The van der Waals surface area contributed by atoms with Crippen LogP contribution in [0.25, 0.3) is 0 Å². The molecule has 58 heavy (non-hydrogen) atoms. The van der Waals surface area contributed by atoms with Crippen molar-refractivity contribution < 1.29 is 43.9 Å². The average molecular weight is 846 g/mol. The number of esters is 2. The monoisotopic (exact) mass is 845 g/mol. The Balaban J connectivity index is 1.31. The molecule has 14 heteroatoms. The number of ether oxygens (including phenoxy) is 3. The first-order chi connectivity index (χ1) is 27.9. The maximum atomic E-state index is 15.2. The smallest absolute Gasteiger partial charge is 0.332 e. The van der Waals surface area contributed by atoms with Crippen molar-refractivity contribution in [3.05, 3.63) is 23.3 Å². The molecule has 1 saturated carbocycles. The average Bonchev–Trinajstić information content (AvgIpc) is 3.21. The maximum absolute atomic E-state index is 15.2. The molecule has 6 aliphatic rings. The first-order valence-corrected chi connectivity index (χ1v) is 24.6. The second-order valence-electron chi connectivity index (χ2n) is 18.5. The van der Waals surface area contributed by atoms with E-state index in [1.54, 1.807) is 27.7 Å². The van der Waals surface area contributed by atoms with Crippen LogP contribution in [0, 0.1) is 17.3 Å². The number of carbonyl (C=O) groups is 3. The summed E-state index contributed by atoms with van der Waals surface area (Å²) in [6.07, 6.45) is 8.66. The van der Waals surface area contributed by atoms with E-state index in [0.717, 1.165) is 49.7 Å². The van der Waals surface area contributed by atoms with Gasteiger partial charge >= 0.3 is 11.9 Å². The van der Waals surface area contributed by atoms with Crippen molar-refractivity contribution in [3.63, 3.8) is 0 Å². The van der Waals surface area contributed by atoms with Crippen LogP contribution in [0.15, 0.2) is 12.1 Å². The summed E-state index contributed by atoms with van der Waals surface area (Å²) in [4.78, 5) is 41.4. The van der Waals surface area contributed by atoms with Crippen molar-refractivity contribution in [2.45, 2.75) is 164 Å². The van der Waals surface area contributed by atoms with Crippen LogP contribution in [0.3, 0.4) is 0 Å². The van der Waals surface area contributed by atoms with Crippen molar-refractivity contribution >= 4 is 39.4 Å². The van der Waals surface area contributed by atoms with Crippen LogP contribution in [0.1, 0.15) is 140 Å². The van der Waals surface area contributed by atoms with E-state index >= 15 is 4.79 Å². The molecule has 1 amide bonds. The number of nitrogens with one attached hydrogen (secondary N) is 3. The van der Waals surface area contributed by atoms with Crippen molar-refractivity contribution in [2.24, 2.45) is 17.3 Å². The molecule has 10 atom stereocenters. The second-order valence-corrected chi connectivity index (χ2v) is 21.0. The Hall–Kier alpha value is -2.23. The fourth-order valence-electron chi connectivity index (χ4n) is 11.6. The number of aliphatic hydroxyl groups is 2. The minimum atomic E-state index is -1.10. The molecule has 2 aliphatic carbocycles. The summed E-state index contributed by atoms with van der Waals surface area (Å²) in [6.45, 7) is 5.27. The third-order valence-corrected chi connectivity index (χ3v) is 17.5. The van der Waals surface area contributed by atoms with Crippen LogP contribution >= 0.6 is 21.6 Å². The molecule has 0 bridgehead atoms. The molecule has 7 rings (SSSR count). The van der Waals surface area contributed by atoms with Gasteiger partial charge in [0.05, 0.1) is 18.3 Å². The summed E-state index contributed by atoms with van der Waals surface area (Å²) >= 11 is 0. The van der Waals surface area contributed by atoms with Gasteiger partial charge in [0.1, 0.15) is 17.7 Å². The number of phenolic OH excluding ortho intramolecular Hbond substituents is 1. The molecule has 4 heterocycles. The molecular formula is C44H67N3O9S2. The van der Waals surface area contributed by atoms with E-state index in [4.69, 9.17) is 14.2 Å². The molecule has 4 aliphatic heterocycles. The van der Waals surface area contributed by atoms with Crippen molar-refractivity contribution in [1.29, 1.82) is 0 Å². The van der Waals surface area contributed by atoms with E-state index in [2.05, 4.69) is 16.0 Å². The Kier molecular flexibility index (Phi) is 14.2. The van der Waals surface area contributed by atoms with E-state index in [1.165, 1.54) is 6.92 Å². The Bertz CT molecular complexity index is 1620. The fraction of sp³-hybridized carbons (Fsp3) is 0.795. The number of benzene rings is 1. The van der Waals surface area contributed by atoms with Crippen LogP contribution < -0.4 is 20.7 Å². The number of amides is 1. The number of rotatable bonds is 9. The zero-order valence-corrected chi connectivity index (χ0v) is 36.4. The molecule has 0 radical (unpaired) electrons. The van der Waals surface area contributed by atoms with Crippen molar-refractivity contribution in [3.8, 4) is 11.5 Å². The van der Waals surface area contributed by atoms with Crippen LogP contribution in [0.2, 0.25) is 0 Å². The molecule has 6 N–H and O–H groups in total. The first kappa shape index (κ1) is 43.8. The predicted molar refractivity (Wildman–Crippen MR) is 226 cm³/mol. The third-order valence-electron chi connectivity index (χ3n) is 14.9. The van der Waals surface area contributed by atoms with Crippen LogP contribution in [0.5, 0.6) is 11.5 Å². The summed E-state index contributed by atoms with van der Waals surface area (Å²) < 4.78 is 19.6. The molecule has 1 aromatic rings. The summed E-state index contributed by atoms with van der Waals surface area (Å²) in [5.41, 5.74) is -0.438. The summed E-state index contributed by atoms with van der Waals surface area (Å²) in [5.74, 6) is 0.960. The Morgan fingerprint density at radius 1 is 1.00 bits per heavy atom. The van der Waals surface area contributed by atoms with Gasteiger partial charge in [0.25, 0.3) is 0 Å². The van der Waals surface area contributed by atoms with Gasteiger partial charge in [-0.25, -0.2) is 4.79 Å². The highest BCUT2D eigenvalue weighted by Crippen LogP contribution is 2.59. The lowest BCUT2D eigenvalue weighted by Gasteiger charge is -2.53. The molecule has 324 valence electrons. The summed E-state index contributed by atoms with van der Waals surface area (Å²) in [6, 6.07) is 3.64. The minimum Gasteiger partial charge on any atom is -0.504 e. The SMILES string of the molecule is CN[C@H]1CSSC[C@@](C)(O)CC[C@@H]([C@H](C[C@@H](OC(=O)[C@]23CCCC[C@H]2CCC(=O)N3)C2([C@@H]3CC[C@@H]4CCOc5c(O)ccc3c54)CCNCC2)OC(C)=O)CC[C@H]1O. The van der Waals surface area contributed by atoms with Crippen LogP contribution in [0.4, 0.5) is 0 Å². The van der Waals surface area contributed by atoms with E-state index in [9.17, 15) is 24.9 Å². The Labute approximate surface area is 352 Å². The van der Waals surface area contributed by atoms with Gasteiger partial charge < -0.3 is 45.5 Å². The fourth-order valence-corrected chi connectivity index (χ4v) is 14.5. The summed E-state index contributed by atoms with van der Waals surface area (Å²) in [7, 11) is 5.11. The standard InChI is InChI=1S/C44H67N3O9S2/c1-27(48)55-36(28-8-12-34(49)33(45-3)25-57-58-26-42(2,53)18-15-28)24-37(56-41(52)44-17-5-4-6-30(44)9-14-38(51)47-44)43(19-21-46-22-20-43)32-11-7-29-16-23-54-40-35(50)13-10-31(32)39(29)40/h10,13,28-30,32-34,36-37,45-46,49-50,53H,4-9,11-12,14-26H2,1-3H3,(H,47,51)/t28-,29+,30-,32+,33-,34+,36-,37+,42-,44-/m0/s1. The van der Waals surface area contributed by atoms with E-state index < -0.39 is 40.8 Å². The largest absolute Gasteiger partial charge is 0.504 e. The molecule has 0 aromatic heterocycles. The van der Waals surface area contributed by atoms with Gasteiger partial charge in [-0.3, -0.25) is 9.59 Å². The Morgan fingerprint density at radius 3 is 2.59 bits per heavy atom. The number of hydrogen-bond donors (Lipinski definition) is 6. The lowest BCUT2D eigenvalue weighted by molar-refractivity contribution is -0.182. The van der Waals surface area contributed by atoms with Crippen molar-refractivity contribution in [2.75, 3.05) is 38.2 Å². The van der Waals surface area contributed by atoms with Gasteiger partial charge in [-0.1, -0.05) is 40.5 Å². The van der Waals surface area contributed by atoms with Gasteiger partial charge in [0, 0.05) is 48.3 Å². The highest BCUT2D eigenvalue weighted by Gasteiger charge is 2.57. The lowest BCUT2D eigenvalue weighted by Crippen LogP contribution is -2.65. The number of hydrogen-bond acceptors (Lipinski definition) is 13. The van der Waals surface area contributed by atoms with E-state index in [0.29, 0.717) is 94.7 Å². The normalized spacial score (nSPS) is 35.2. The molecule has 4 fully saturated rings. The van der Waals surface area contributed by atoms with Gasteiger partial charge in [-0.15, -0.1) is 0 Å². The van der Waals surface area contributed by atoms with Gasteiger partial charge in [0.15, 0.2) is 11.5 Å². The zero-order valence-electron chi connectivity index (χ0n) is 34.7. The predicted octanol–water partition coefficient (Wildman–Crippen LogP) is 5.85. The Morgan fingerprint density at radius 2 is 1.81 bits per heavy atom. The molecule has 0 spiro atoms. The second kappa shape index (κ2) is 18.8. The van der Waals surface area contributed by atoms with Gasteiger partial charge in [-0.2, -0.15) is 0 Å². The topological polar surface area (TPSA) is 176 Å². The van der Waals surface area contributed by atoms with E-state index in [1.807, 2.05) is 20.0 Å². The molecule has 0 unspecified atom stereocenters. The highest BCUT2D eigenvalue weighted by atomic mass is 33.1. The third kappa shape index (κ3) is 9.32. The van der Waals surface area contributed by atoms with Crippen molar-refractivity contribution in [1.82, 2.24) is 16.0 Å². The van der Waals surface area contributed by atoms with Gasteiger partial charge in [0.2, 0.25) is 5.91 Å². The number of aliphatic hydroxyl groups excluding tert-OH is 1. The van der Waals surface area contributed by atoms with Gasteiger partial charge in [-0.05, 0) is 139 Å². The first-order valence-electron chi connectivity index (χ1n) is 22.1. The summed E-state index contributed by atoms with van der Waals surface area (Å²) in [5, 5.41) is 44.0. The molecule has 1 aromatic carbocycles. The molecular weight excluding hydrogens is 779 g/mol.